The first-order valence-electron chi connectivity index (χ1n) is 9.17. The lowest BCUT2D eigenvalue weighted by Gasteiger charge is -2.19. The molecule has 3 rings (SSSR count). The highest BCUT2D eigenvalue weighted by molar-refractivity contribution is 5.98. The maximum atomic E-state index is 12.8. The quantitative estimate of drug-likeness (QED) is 0.631. The van der Waals surface area contributed by atoms with E-state index in [-0.39, 0.29) is 5.91 Å². The van der Waals surface area contributed by atoms with E-state index in [2.05, 4.69) is 5.32 Å². The Kier molecular flexibility index (Phi) is 5.94. The molecule has 0 aliphatic carbocycles. The van der Waals surface area contributed by atoms with Gasteiger partial charge in [0.25, 0.3) is 5.91 Å². The molecule has 5 heteroatoms. The molecule has 1 N–H and O–H groups in total. The van der Waals surface area contributed by atoms with Crippen LogP contribution in [0.4, 0.5) is 5.69 Å². The van der Waals surface area contributed by atoms with Crippen LogP contribution >= 0.6 is 0 Å². The van der Waals surface area contributed by atoms with Crippen LogP contribution in [0.15, 0.2) is 60.7 Å². The van der Waals surface area contributed by atoms with Gasteiger partial charge in [-0.3, -0.25) is 4.79 Å². The Morgan fingerprint density at radius 2 is 1.75 bits per heavy atom. The molecule has 0 saturated carbocycles. The molecule has 1 amide bonds. The normalized spacial score (nSPS) is 11.7. The number of carbonyl (C=O) groups excluding carboxylic acids is 2. The van der Waals surface area contributed by atoms with Gasteiger partial charge in [0, 0.05) is 5.69 Å². The van der Waals surface area contributed by atoms with Crippen molar-refractivity contribution in [1.82, 2.24) is 0 Å². The average Bonchev–Trinajstić information content (AvgIpc) is 2.72. The van der Waals surface area contributed by atoms with Crippen molar-refractivity contribution >= 4 is 28.3 Å². The average molecular weight is 377 g/mol. The summed E-state index contributed by atoms with van der Waals surface area (Å²) in [4.78, 5) is 24.6. The number of anilines is 1. The van der Waals surface area contributed by atoms with Gasteiger partial charge >= 0.3 is 5.97 Å². The standard InChI is InChI=1S/C23H23NO4/c1-4-21(28-18-13-12-16-8-5-6-9-17(16)14-18)22(25)24-20-11-7-10-19(15(20)2)23(26)27-3/h5-14,21H,4H2,1-3H3,(H,24,25)/t21-/m1/s1. The van der Waals surface area contributed by atoms with E-state index in [1.165, 1.54) is 7.11 Å². The minimum atomic E-state index is -0.651. The third-order valence-corrected chi connectivity index (χ3v) is 4.66. The summed E-state index contributed by atoms with van der Waals surface area (Å²) in [5, 5.41) is 5.03. The second kappa shape index (κ2) is 8.57. The van der Waals surface area contributed by atoms with Gasteiger partial charge in [-0.2, -0.15) is 0 Å². The van der Waals surface area contributed by atoms with Crippen molar-refractivity contribution in [3.63, 3.8) is 0 Å². The van der Waals surface area contributed by atoms with Crippen LogP contribution in [-0.2, 0) is 9.53 Å². The Bertz CT molecular complexity index is 1010. The number of ether oxygens (including phenoxy) is 2. The van der Waals surface area contributed by atoms with Gasteiger partial charge in [0.15, 0.2) is 6.10 Å². The second-order valence-corrected chi connectivity index (χ2v) is 6.48. The maximum absolute atomic E-state index is 12.8. The van der Waals surface area contributed by atoms with Crippen molar-refractivity contribution in [1.29, 1.82) is 0 Å². The van der Waals surface area contributed by atoms with Crippen LogP contribution in [-0.4, -0.2) is 25.1 Å². The molecular formula is C23H23NO4. The van der Waals surface area contributed by atoms with Gasteiger partial charge in [-0.05, 0) is 53.9 Å². The molecule has 0 heterocycles. The Morgan fingerprint density at radius 3 is 2.46 bits per heavy atom. The van der Waals surface area contributed by atoms with E-state index in [0.29, 0.717) is 29.0 Å². The molecule has 0 aliphatic rings. The lowest BCUT2D eigenvalue weighted by molar-refractivity contribution is -0.122. The number of amides is 1. The summed E-state index contributed by atoms with van der Waals surface area (Å²) in [5.41, 5.74) is 1.64. The third-order valence-electron chi connectivity index (χ3n) is 4.66. The summed E-state index contributed by atoms with van der Waals surface area (Å²) in [6.07, 6.45) is -0.142. The van der Waals surface area contributed by atoms with Crippen LogP contribution in [0.25, 0.3) is 10.8 Å². The zero-order valence-corrected chi connectivity index (χ0v) is 16.2. The number of rotatable bonds is 6. The predicted molar refractivity (Wildman–Crippen MR) is 110 cm³/mol. The zero-order chi connectivity index (χ0) is 20.1. The van der Waals surface area contributed by atoms with Gasteiger partial charge in [-0.15, -0.1) is 0 Å². The van der Waals surface area contributed by atoms with Gasteiger partial charge in [0.05, 0.1) is 12.7 Å². The Morgan fingerprint density at radius 1 is 1.00 bits per heavy atom. The smallest absolute Gasteiger partial charge is 0.338 e. The number of hydrogen-bond donors (Lipinski definition) is 1. The summed E-state index contributed by atoms with van der Waals surface area (Å²) in [5.74, 6) is -0.0606. The first-order chi connectivity index (χ1) is 13.5. The molecule has 0 radical (unpaired) electrons. The largest absolute Gasteiger partial charge is 0.481 e. The minimum absolute atomic E-state index is 0.263. The number of nitrogens with one attached hydrogen (secondary N) is 1. The van der Waals surface area contributed by atoms with Gasteiger partial charge in [0.2, 0.25) is 0 Å². The molecule has 0 aliphatic heterocycles. The molecule has 0 unspecified atom stereocenters. The van der Waals surface area contributed by atoms with Gasteiger partial charge in [0.1, 0.15) is 5.75 Å². The predicted octanol–water partition coefficient (Wildman–Crippen LogP) is 4.73. The maximum Gasteiger partial charge on any atom is 0.338 e. The number of fused-ring (bicyclic) bond motifs is 1. The van der Waals surface area contributed by atoms with E-state index in [0.717, 1.165) is 10.8 Å². The van der Waals surface area contributed by atoms with Gasteiger partial charge in [-0.25, -0.2) is 4.79 Å². The number of esters is 1. The van der Waals surface area contributed by atoms with Crippen molar-refractivity contribution in [3.8, 4) is 5.75 Å². The second-order valence-electron chi connectivity index (χ2n) is 6.48. The van der Waals surface area contributed by atoms with Crippen LogP contribution < -0.4 is 10.1 Å². The molecule has 0 fully saturated rings. The van der Waals surface area contributed by atoms with Crippen molar-refractivity contribution in [2.45, 2.75) is 26.4 Å². The summed E-state index contributed by atoms with van der Waals surface area (Å²) in [7, 11) is 1.33. The van der Waals surface area contributed by atoms with Crippen molar-refractivity contribution < 1.29 is 19.1 Å². The van der Waals surface area contributed by atoms with Crippen molar-refractivity contribution in [2.24, 2.45) is 0 Å². The SMILES string of the molecule is CC[C@@H](Oc1ccc2ccccc2c1)C(=O)Nc1cccc(C(=O)OC)c1C. The summed E-state index contributed by atoms with van der Waals surface area (Å²) in [6, 6.07) is 18.9. The highest BCUT2D eigenvalue weighted by Crippen LogP contribution is 2.24. The molecule has 0 bridgehead atoms. The summed E-state index contributed by atoms with van der Waals surface area (Å²) >= 11 is 0. The summed E-state index contributed by atoms with van der Waals surface area (Å²) in [6.45, 7) is 3.66. The van der Waals surface area contributed by atoms with Crippen LogP contribution in [0.1, 0.15) is 29.3 Å². The van der Waals surface area contributed by atoms with Crippen LogP contribution in [0.2, 0.25) is 0 Å². The minimum Gasteiger partial charge on any atom is -0.481 e. The monoisotopic (exact) mass is 377 g/mol. The molecule has 28 heavy (non-hydrogen) atoms. The van der Waals surface area contributed by atoms with Gasteiger partial charge in [-0.1, -0.05) is 43.3 Å². The van der Waals surface area contributed by atoms with E-state index in [1.807, 2.05) is 49.4 Å². The molecule has 3 aromatic carbocycles. The molecule has 0 aromatic heterocycles. The van der Waals surface area contributed by atoms with E-state index >= 15 is 0 Å². The molecular weight excluding hydrogens is 354 g/mol. The highest BCUT2D eigenvalue weighted by atomic mass is 16.5. The Labute approximate surface area is 164 Å². The fourth-order valence-electron chi connectivity index (χ4n) is 3.04. The first-order valence-corrected chi connectivity index (χ1v) is 9.17. The number of hydrogen-bond acceptors (Lipinski definition) is 4. The molecule has 0 spiro atoms. The summed E-state index contributed by atoms with van der Waals surface area (Å²) < 4.78 is 10.7. The number of benzene rings is 3. The molecule has 3 aromatic rings. The molecule has 5 nitrogen and oxygen atoms in total. The highest BCUT2D eigenvalue weighted by Gasteiger charge is 2.21. The van der Waals surface area contributed by atoms with Crippen molar-refractivity contribution in [2.75, 3.05) is 12.4 Å². The van der Waals surface area contributed by atoms with E-state index in [4.69, 9.17) is 9.47 Å². The van der Waals surface area contributed by atoms with Crippen molar-refractivity contribution in [3.05, 3.63) is 71.8 Å². The fraction of sp³-hybridized carbons (Fsp3) is 0.217. The first kappa shape index (κ1) is 19.4. The number of methoxy groups -OCH3 is 1. The molecule has 1 atom stereocenters. The van der Waals surface area contributed by atoms with E-state index in [9.17, 15) is 9.59 Å². The van der Waals surface area contributed by atoms with Crippen LogP contribution in [0.3, 0.4) is 0 Å². The zero-order valence-electron chi connectivity index (χ0n) is 16.2. The van der Waals surface area contributed by atoms with Crippen LogP contribution in [0, 0.1) is 6.92 Å². The van der Waals surface area contributed by atoms with Gasteiger partial charge < -0.3 is 14.8 Å². The Hall–Kier alpha value is -3.34. The molecule has 144 valence electrons. The third kappa shape index (κ3) is 4.14. The lowest BCUT2D eigenvalue weighted by Crippen LogP contribution is -2.32. The lowest BCUT2D eigenvalue weighted by atomic mass is 10.1. The topological polar surface area (TPSA) is 64.6 Å². The number of carbonyl (C=O) groups is 2. The Balaban J connectivity index is 1.77. The van der Waals surface area contributed by atoms with E-state index < -0.39 is 12.1 Å². The fourth-order valence-corrected chi connectivity index (χ4v) is 3.04. The van der Waals surface area contributed by atoms with E-state index in [1.54, 1.807) is 25.1 Å². The van der Waals surface area contributed by atoms with Crippen LogP contribution in [0.5, 0.6) is 5.75 Å². The molecule has 0 saturated heterocycles.